The van der Waals surface area contributed by atoms with Crippen LogP contribution in [0.5, 0.6) is 0 Å². The minimum absolute atomic E-state index is 0.0562. The molecule has 9 heteroatoms. The predicted molar refractivity (Wildman–Crippen MR) is 122 cm³/mol. The Morgan fingerprint density at radius 2 is 1.74 bits per heavy atom. The van der Waals surface area contributed by atoms with Crippen LogP contribution in [0.25, 0.3) is 0 Å². The van der Waals surface area contributed by atoms with Crippen LogP contribution in [0.15, 0.2) is 24.3 Å². The molecule has 0 aliphatic carbocycles. The third-order valence-electron chi connectivity index (χ3n) is 6.99. The number of urea groups is 1. The number of anilines is 2. The molecule has 2 N–H and O–H groups in total. The van der Waals surface area contributed by atoms with Crippen molar-refractivity contribution in [3.8, 4) is 0 Å². The molecule has 0 spiro atoms. The summed E-state index contributed by atoms with van der Waals surface area (Å²) in [5, 5.41) is 11.8. The second-order valence-electron chi connectivity index (χ2n) is 9.74. The lowest BCUT2D eigenvalue weighted by Crippen LogP contribution is -2.54. The molecular weight excluding hydrogens is 416 g/mol. The number of nitrogens with zero attached hydrogens (tertiary/aromatic N) is 3. The topological polar surface area (TPSA) is 93.2 Å². The van der Waals surface area contributed by atoms with E-state index < -0.39 is 9.84 Å². The highest BCUT2D eigenvalue weighted by molar-refractivity contribution is 7.91. The number of aliphatic hydroxyl groups excluding tert-OH is 1. The molecule has 8 nitrogen and oxygen atoms in total. The van der Waals surface area contributed by atoms with Crippen molar-refractivity contribution in [3.63, 3.8) is 0 Å². The molecule has 2 bridgehead atoms. The lowest BCUT2D eigenvalue weighted by Gasteiger charge is -2.48. The van der Waals surface area contributed by atoms with Gasteiger partial charge in [0, 0.05) is 50.6 Å². The molecule has 2 atom stereocenters. The van der Waals surface area contributed by atoms with Gasteiger partial charge < -0.3 is 25.1 Å². The number of benzene rings is 1. The van der Waals surface area contributed by atoms with Crippen LogP contribution < -0.4 is 15.1 Å². The summed E-state index contributed by atoms with van der Waals surface area (Å²) in [6, 6.07) is 8.54. The van der Waals surface area contributed by atoms with Crippen molar-refractivity contribution in [2.45, 2.75) is 26.3 Å². The smallest absolute Gasteiger partial charge is 0.317 e. The maximum atomic E-state index is 12.6. The minimum Gasteiger partial charge on any atom is -0.395 e. The molecule has 31 heavy (non-hydrogen) atoms. The molecule has 5 rings (SSSR count). The van der Waals surface area contributed by atoms with Gasteiger partial charge in [0.15, 0.2) is 9.84 Å². The van der Waals surface area contributed by atoms with E-state index in [-0.39, 0.29) is 42.1 Å². The summed E-state index contributed by atoms with van der Waals surface area (Å²) in [7, 11) is -2.89. The molecule has 1 aromatic carbocycles. The minimum atomic E-state index is -2.89. The Bertz CT molecular complexity index is 889. The molecule has 4 aliphatic rings. The Morgan fingerprint density at radius 1 is 1.10 bits per heavy atom. The van der Waals surface area contributed by atoms with Gasteiger partial charge in [-0.2, -0.15) is 0 Å². The van der Waals surface area contributed by atoms with Crippen LogP contribution in [0, 0.1) is 11.3 Å². The van der Waals surface area contributed by atoms with Crippen molar-refractivity contribution in [2.75, 3.05) is 67.2 Å². The molecule has 4 saturated heterocycles. The second kappa shape index (κ2) is 8.50. The first-order valence-electron chi connectivity index (χ1n) is 11.1. The predicted octanol–water partition coefficient (Wildman–Crippen LogP) is 1.16. The highest BCUT2D eigenvalue weighted by atomic mass is 32.2. The maximum Gasteiger partial charge on any atom is 0.317 e. The zero-order valence-electron chi connectivity index (χ0n) is 18.5. The number of rotatable bonds is 4. The number of fused-ring (bicyclic) bond motifs is 4. The van der Waals surface area contributed by atoms with Crippen molar-refractivity contribution in [3.05, 3.63) is 24.3 Å². The van der Waals surface area contributed by atoms with Crippen molar-refractivity contribution < 1.29 is 18.3 Å². The number of amides is 2. The van der Waals surface area contributed by atoms with E-state index in [0.717, 1.165) is 30.9 Å². The Hall–Kier alpha value is -2.00. The first-order chi connectivity index (χ1) is 14.7. The van der Waals surface area contributed by atoms with Crippen LogP contribution in [0.2, 0.25) is 0 Å². The molecule has 2 amide bonds. The third kappa shape index (κ3) is 4.77. The molecule has 0 aromatic heterocycles. The number of carbonyl (C=O) groups excluding carboxylic acids is 1. The van der Waals surface area contributed by atoms with Crippen molar-refractivity contribution in [1.29, 1.82) is 0 Å². The standard InChI is InChI=1S/C22H34N4O4S/c1-22(2)13-17-14-25(21(28)23-7-10-27)16-20(22)26(15-17)19-5-3-18(4-6-19)24-8-11-31(29,30)12-9-24/h3-6,17,20,27H,7-16H2,1-2H3,(H,23,28)/t17-,20?/m1/s1. The van der Waals surface area contributed by atoms with Crippen molar-refractivity contribution >= 4 is 27.2 Å². The van der Waals surface area contributed by atoms with Crippen LogP contribution in [-0.4, -0.2) is 87.9 Å². The first-order valence-corrected chi connectivity index (χ1v) is 13.0. The molecule has 4 fully saturated rings. The summed E-state index contributed by atoms with van der Waals surface area (Å²) in [5.74, 6) is 0.820. The summed E-state index contributed by atoms with van der Waals surface area (Å²) in [4.78, 5) is 19.1. The molecule has 1 unspecified atom stereocenters. The first kappa shape index (κ1) is 22.2. The molecule has 0 saturated carbocycles. The number of nitrogens with one attached hydrogen (secondary N) is 1. The third-order valence-corrected chi connectivity index (χ3v) is 8.60. The van der Waals surface area contributed by atoms with Gasteiger partial charge in [0.1, 0.15) is 0 Å². The van der Waals surface area contributed by atoms with Gasteiger partial charge in [0.2, 0.25) is 0 Å². The van der Waals surface area contributed by atoms with E-state index in [1.54, 1.807) is 0 Å². The van der Waals surface area contributed by atoms with Crippen LogP contribution in [0.4, 0.5) is 16.2 Å². The molecule has 4 heterocycles. The monoisotopic (exact) mass is 450 g/mol. The second-order valence-corrected chi connectivity index (χ2v) is 12.0. The van der Waals surface area contributed by atoms with E-state index in [9.17, 15) is 13.2 Å². The average Bonchev–Trinajstić information content (AvgIpc) is 2.99. The fourth-order valence-electron chi connectivity index (χ4n) is 5.39. The van der Waals surface area contributed by atoms with Gasteiger partial charge in [0.25, 0.3) is 0 Å². The summed E-state index contributed by atoms with van der Waals surface area (Å²) < 4.78 is 23.4. The zero-order valence-corrected chi connectivity index (χ0v) is 19.3. The number of aliphatic hydroxyl groups is 1. The number of hydrogen-bond acceptors (Lipinski definition) is 6. The number of carbonyl (C=O) groups is 1. The Morgan fingerprint density at radius 3 is 2.39 bits per heavy atom. The van der Waals surface area contributed by atoms with Gasteiger partial charge in [-0.25, -0.2) is 13.2 Å². The Kier molecular flexibility index (Phi) is 6.09. The Balaban J connectivity index is 1.51. The number of piperidine rings is 1. The normalized spacial score (nSPS) is 27.1. The van der Waals surface area contributed by atoms with Gasteiger partial charge in [-0.05, 0) is 42.0 Å². The highest BCUT2D eigenvalue weighted by Crippen LogP contribution is 2.43. The van der Waals surface area contributed by atoms with Crippen LogP contribution in [-0.2, 0) is 9.84 Å². The van der Waals surface area contributed by atoms with Gasteiger partial charge in [-0.1, -0.05) is 13.8 Å². The lowest BCUT2D eigenvalue weighted by molar-refractivity contribution is 0.185. The zero-order chi connectivity index (χ0) is 22.2. The van der Waals surface area contributed by atoms with Crippen LogP contribution >= 0.6 is 0 Å². The summed E-state index contributed by atoms with van der Waals surface area (Å²) in [6.07, 6.45) is 1.08. The van der Waals surface area contributed by atoms with Gasteiger partial charge in [-0.15, -0.1) is 0 Å². The highest BCUT2D eigenvalue weighted by Gasteiger charge is 2.46. The van der Waals surface area contributed by atoms with Crippen LogP contribution in [0.3, 0.4) is 0 Å². The van der Waals surface area contributed by atoms with Crippen molar-refractivity contribution in [2.24, 2.45) is 11.3 Å². The summed E-state index contributed by atoms with van der Waals surface area (Å²) in [5.41, 5.74) is 2.28. The number of hydrogen-bond donors (Lipinski definition) is 2. The van der Waals surface area contributed by atoms with E-state index in [2.05, 4.69) is 53.2 Å². The van der Waals surface area contributed by atoms with E-state index >= 15 is 0 Å². The lowest BCUT2D eigenvalue weighted by atomic mass is 9.73. The van der Waals surface area contributed by atoms with E-state index in [1.807, 2.05) is 4.90 Å². The van der Waals surface area contributed by atoms with Gasteiger partial charge >= 0.3 is 6.03 Å². The van der Waals surface area contributed by atoms with E-state index in [4.69, 9.17) is 5.11 Å². The quantitative estimate of drug-likeness (QED) is 0.715. The molecular formula is C22H34N4O4S. The fourth-order valence-corrected chi connectivity index (χ4v) is 6.59. The van der Waals surface area contributed by atoms with Gasteiger partial charge in [0.05, 0.1) is 24.2 Å². The van der Waals surface area contributed by atoms with Crippen LogP contribution in [0.1, 0.15) is 20.3 Å². The van der Waals surface area contributed by atoms with E-state index in [0.29, 0.717) is 25.6 Å². The molecule has 0 radical (unpaired) electrons. The molecule has 1 aromatic rings. The Labute approximate surface area is 185 Å². The van der Waals surface area contributed by atoms with Crippen molar-refractivity contribution in [1.82, 2.24) is 10.2 Å². The number of sulfone groups is 1. The van der Waals surface area contributed by atoms with Gasteiger partial charge in [-0.3, -0.25) is 0 Å². The average molecular weight is 451 g/mol. The van der Waals surface area contributed by atoms with E-state index in [1.165, 1.54) is 0 Å². The SMILES string of the molecule is CC1(C)C[C@@H]2CN(C(=O)NCCO)CC1N(c1ccc(N3CCS(=O)(=O)CC3)cc1)C2. The largest absolute Gasteiger partial charge is 0.395 e. The maximum absolute atomic E-state index is 12.6. The summed E-state index contributed by atoms with van der Waals surface area (Å²) in [6.45, 7) is 8.18. The summed E-state index contributed by atoms with van der Waals surface area (Å²) >= 11 is 0. The molecule has 172 valence electrons. The fraction of sp³-hybridized carbons (Fsp3) is 0.682. The molecule has 4 aliphatic heterocycles.